The van der Waals surface area contributed by atoms with Crippen LogP contribution in [-0.4, -0.2) is 33.3 Å². The summed E-state index contributed by atoms with van der Waals surface area (Å²) < 4.78 is 8.02. The molecule has 3 aromatic carbocycles. The summed E-state index contributed by atoms with van der Waals surface area (Å²) in [7, 11) is 0. The highest BCUT2D eigenvalue weighted by molar-refractivity contribution is 6.11. The minimum Gasteiger partial charge on any atom is -0.492 e. The molecule has 0 aliphatic rings. The van der Waals surface area contributed by atoms with E-state index in [1.807, 2.05) is 53.1 Å². The van der Waals surface area contributed by atoms with Crippen LogP contribution in [0.3, 0.4) is 0 Å². The molecule has 6 nitrogen and oxygen atoms in total. The van der Waals surface area contributed by atoms with Gasteiger partial charge < -0.3 is 19.5 Å². The quantitative estimate of drug-likeness (QED) is 0.243. The van der Waals surface area contributed by atoms with Crippen molar-refractivity contribution in [2.75, 3.05) is 6.61 Å². The van der Waals surface area contributed by atoms with Crippen molar-refractivity contribution < 1.29 is 24.5 Å². The molecule has 0 fully saturated rings. The number of para-hydroxylation sites is 2. The molecule has 0 saturated heterocycles. The van der Waals surface area contributed by atoms with Crippen LogP contribution in [0.5, 0.6) is 5.75 Å². The molecule has 1 aromatic heterocycles. The first kappa shape index (κ1) is 25.3. The van der Waals surface area contributed by atoms with E-state index < -0.39 is 11.9 Å². The van der Waals surface area contributed by atoms with Crippen LogP contribution in [0.4, 0.5) is 0 Å². The summed E-state index contributed by atoms with van der Waals surface area (Å²) in [5, 5.41) is 22.6. The van der Waals surface area contributed by atoms with Gasteiger partial charge >= 0.3 is 11.9 Å². The Balaban J connectivity index is 2.01. The highest BCUT2D eigenvalue weighted by Crippen LogP contribution is 2.40. The van der Waals surface area contributed by atoms with Crippen LogP contribution in [0.15, 0.2) is 48.5 Å². The molecule has 188 valence electrons. The molecule has 4 aromatic rings. The molecule has 6 heteroatoms. The molecule has 1 unspecified atom stereocenters. The Morgan fingerprint density at radius 2 is 1.42 bits per heavy atom. The number of carboxylic acid groups (broad SMARTS) is 2. The Morgan fingerprint density at radius 1 is 0.861 bits per heavy atom. The fourth-order valence-corrected chi connectivity index (χ4v) is 5.20. The van der Waals surface area contributed by atoms with Crippen molar-refractivity contribution in [3.8, 4) is 11.4 Å². The van der Waals surface area contributed by atoms with Crippen LogP contribution in [-0.2, 0) is 0 Å². The molecular formula is C30H33NO5. The molecule has 4 rings (SSSR count). The van der Waals surface area contributed by atoms with Gasteiger partial charge in [-0.1, -0.05) is 69.5 Å². The molecule has 36 heavy (non-hydrogen) atoms. The summed E-state index contributed by atoms with van der Waals surface area (Å²) in [6.07, 6.45) is 4.04. The van der Waals surface area contributed by atoms with Gasteiger partial charge in [-0.05, 0) is 43.9 Å². The second-order valence-corrected chi connectivity index (χ2v) is 9.39. The average Bonchev–Trinajstić information content (AvgIpc) is 3.19. The number of benzene rings is 3. The van der Waals surface area contributed by atoms with Crippen LogP contribution < -0.4 is 4.74 Å². The zero-order valence-corrected chi connectivity index (χ0v) is 21.3. The second-order valence-electron chi connectivity index (χ2n) is 9.39. The van der Waals surface area contributed by atoms with Crippen molar-refractivity contribution in [2.45, 2.75) is 53.4 Å². The Bertz CT molecular complexity index is 1400. The van der Waals surface area contributed by atoms with Gasteiger partial charge in [-0.2, -0.15) is 0 Å². The van der Waals surface area contributed by atoms with Gasteiger partial charge in [-0.3, -0.25) is 0 Å². The van der Waals surface area contributed by atoms with Crippen molar-refractivity contribution in [1.29, 1.82) is 0 Å². The first-order valence-corrected chi connectivity index (χ1v) is 12.6. The molecular weight excluding hydrogens is 454 g/mol. The number of ether oxygens (including phenoxy) is 1. The molecule has 0 bridgehead atoms. The fourth-order valence-electron chi connectivity index (χ4n) is 5.20. The van der Waals surface area contributed by atoms with Crippen LogP contribution in [0.1, 0.15) is 71.4 Å². The van der Waals surface area contributed by atoms with Gasteiger partial charge in [0, 0.05) is 16.3 Å². The minimum atomic E-state index is -1.13. The molecule has 1 heterocycles. The van der Waals surface area contributed by atoms with E-state index in [0.29, 0.717) is 23.4 Å². The molecule has 0 radical (unpaired) electrons. The monoisotopic (exact) mass is 487 g/mol. The van der Waals surface area contributed by atoms with Crippen molar-refractivity contribution >= 4 is 33.7 Å². The second kappa shape index (κ2) is 10.4. The topological polar surface area (TPSA) is 88.8 Å². The van der Waals surface area contributed by atoms with Crippen LogP contribution >= 0.6 is 0 Å². The third kappa shape index (κ3) is 4.32. The predicted molar refractivity (Wildman–Crippen MR) is 143 cm³/mol. The number of rotatable bonds is 10. The minimum absolute atomic E-state index is 0.0136. The molecule has 0 spiro atoms. The Hall–Kier alpha value is -3.80. The number of fused-ring (bicyclic) bond motifs is 3. The van der Waals surface area contributed by atoms with Crippen LogP contribution in [0.25, 0.3) is 27.5 Å². The summed E-state index contributed by atoms with van der Waals surface area (Å²) in [6, 6.07) is 15.5. The maximum absolute atomic E-state index is 12.7. The lowest BCUT2D eigenvalue weighted by molar-refractivity contribution is 0.0674. The number of nitrogens with zero attached hydrogens (tertiary/aromatic N) is 1. The molecule has 0 saturated carbocycles. The summed E-state index contributed by atoms with van der Waals surface area (Å²) in [4.78, 5) is 25.3. The van der Waals surface area contributed by atoms with Crippen molar-refractivity contribution in [1.82, 2.24) is 4.57 Å². The van der Waals surface area contributed by atoms with Crippen molar-refractivity contribution in [2.24, 2.45) is 5.92 Å². The zero-order valence-electron chi connectivity index (χ0n) is 21.3. The first-order valence-electron chi connectivity index (χ1n) is 12.6. The smallest absolute Gasteiger partial charge is 0.339 e. The van der Waals surface area contributed by atoms with Gasteiger partial charge in [0.25, 0.3) is 0 Å². The van der Waals surface area contributed by atoms with Crippen LogP contribution in [0.2, 0.25) is 0 Å². The lowest BCUT2D eigenvalue weighted by Gasteiger charge is -2.24. The van der Waals surface area contributed by atoms with E-state index in [1.165, 1.54) is 0 Å². The highest BCUT2D eigenvalue weighted by Gasteiger charge is 2.30. The maximum Gasteiger partial charge on any atom is 0.339 e. The molecule has 2 N–H and O–H groups in total. The average molecular weight is 488 g/mol. The van der Waals surface area contributed by atoms with Crippen molar-refractivity contribution in [3.05, 3.63) is 70.8 Å². The lowest BCUT2D eigenvalue weighted by Crippen LogP contribution is -2.19. The number of aromatic nitrogens is 1. The number of carboxylic acids is 2. The van der Waals surface area contributed by atoms with E-state index in [4.69, 9.17) is 4.74 Å². The predicted octanol–water partition coefficient (Wildman–Crippen LogP) is 7.39. The molecule has 0 aliphatic heterocycles. The Morgan fingerprint density at radius 3 is 1.92 bits per heavy atom. The zero-order chi connectivity index (χ0) is 26.0. The number of aromatic carboxylic acids is 2. The summed E-state index contributed by atoms with van der Waals surface area (Å²) in [6.45, 7) is 7.90. The number of hydrogen-bond acceptors (Lipinski definition) is 3. The summed E-state index contributed by atoms with van der Waals surface area (Å²) in [5.74, 6) is -1.83. The molecule has 0 amide bonds. The highest BCUT2D eigenvalue weighted by atomic mass is 16.5. The van der Waals surface area contributed by atoms with E-state index in [2.05, 4.69) is 13.8 Å². The van der Waals surface area contributed by atoms with Gasteiger partial charge in [0.1, 0.15) is 11.3 Å². The van der Waals surface area contributed by atoms with Gasteiger partial charge in [-0.25, -0.2) is 9.59 Å². The number of carbonyl (C=O) groups is 2. The Labute approximate surface area is 211 Å². The third-order valence-corrected chi connectivity index (χ3v) is 7.15. The molecule has 0 aliphatic carbocycles. The largest absolute Gasteiger partial charge is 0.492 e. The van der Waals surface area contributed by atoms with Crippen molar-refractivity contribution in [3.63, 3.8) is 0 Å². The van der Waals surface area contributed by atoms with E-state index in [0.717, 1.165) is 47.5 Å². The number of unbranched alkanes of at least 4 members (excludes halogenated alkanes) is 1. The normalized spacial score (nSPS) is 12.2. The molecule has 1 atom stereocenters. The van der Waals surface area contributed by atoms with E-state index in [-0.39, 0.29) is 22.8 Å². The first-order chi connectivity index (χ1) is 17.3. The standard InChI is InChI=1S/C30H33NO5/c1-5-7-12-20(6-2)17-36-28-19(4)25(29(32)33)27(18(3)26(28)30(34)35)31-23-15-10-8-13-21(23)22-14-9-11-16-24(22)31/h8-11,13-16,20H,5-7,12,17H2,1-4H3,(H,32,33)(H,34,35). The number of hydrogen-bond donors (Lipinski definition) is 2. The van der Waals surface area contributed by atoms with E-state index >= 15 is 0 Å². The third-order valence-electron chi connectivity index (χ3n) is 7.15. The van der Waals surface area contributed by atoms with Crippen LogP contribution in [0, 0.1) is 19.8 Å². The summed E-state index contributed by atoms with van der Waals surface area (Å²) >= 11 is 0. The van der Waals surface area contributed by atoms with Gasteiger partial charge in [-0.15, -0.1) is 0 Å². The van der Waals surface area contributed by atoms with Gasteiger partial charge in [0.05, 0.1) is 28.9 Å². The lowest BCUT2D eigenvalue weighted by atomic mass is 9.94. The fraction of sp³-hybridized carbons (Fsp3) is 0.333. The van der Waals surface area contributed by atoms with Gasteiger partial charge in [0.2, 0.25) is 0 Å². The Kier molecular flexibility index (Phi) is 7.34. The summed E-state index contributed by atoms with van der Waals surface area (Å²) in [5.41, 5.74) is 2.76. The van der Waals surface area contributed by atoms with Gasteiger partial charge in [0.15, 0.2) is 0 Å². The maximum atomic E-state index is 12.7. The van der Waals surface area contributed by atoms with E-state index in [1.54, 1.807) is 13.8 Å². The SMILES string of the molecule is CCCCC(CC)COc1c(C)c(C(=O)O)c(-n2c3ccccc3c3ccccc32)c(C)c1C(=O)O. The van der Waals surface area contributed by atoms with E-state index in [9.17, 15) is 19.8 Å².